The van der Waals surface area contributed by atoms with Crippen LogP contribution in [-0.4, -0.2) is 17.2 Å². The molecule has 0 bridgehead atoms. The summed E-state index contributed by atoms with van der Waals surface area (Å²) in [6, 6.07) is 5.80. The van der Waals surface area contributed by atoms with Crippen LogP contribution >= 0.6 is 22.9 Å². The van der Waals surface area contributed by atoms with Crippen LogP contribution < -0.4 is 4.78 Å². The van der Waals surface area contributed by atoms with Gasteiger partial charge in [-0.1, -0.05) is 23.7 Å². The SMILES string of the molecule is Cc1cccc2sc(B(O)O)c(Cl)c12. The lowest BCUT2D eigenvalue weighted by atomic mass is 9.89. The molecule has 2 aromatic rings. The summed E-state index contributed by atoms with van der Waals surface area (Å²) in [4.78, 5) is 0. The number of rotatable bonds is 1. The molecule has 0 aliphatic rings. The molecule has 0 aliphatic heterocycles. The van der Waals surface area contributed by atoms with Gasteiger partial charge in [-0.3, -0.25) is 0 Å². The van der Waals surface area contributed by atoms with Crippen molar-refractivity contribution in [1.82, 2.24) is 0 Å². The maximum absolute atomic E-state index is 9.08. The minimum absolute atomic E-state index is 0.413. The van der Waals surface area contributed by atoms with E-state index in [9.17, 15) is 0 Å². The molecular weight excluding hydrogens is 218 g/mol. The topological polar surface area (TPSA) is 40.5 Å². The molecule has 0 saturated heterocycles. The maximum atomic E-state index is 9.08. The van der Waals surface area contributed by atoms with Crippen molar-refractivity contribution in [2.75, 3.05) is 0 Å². The molecule has 0 saturated carbocycles. The molecule has 0 radical (unpaired) electrons. The van der Waals surface area contributed by atoms with Gasteiger partial charge in [0.1, 0.15) is 0 Å². The molecular formula is C9H8BClO2S. The highest BCUT2D eigenvalue weighted by atomic mass is 35.5. The van der Waals surface area contributed by atoms with Gasteiger partial charge < -0.3 is 10.0 Å². The second-order valence-corrected chi connectivity index (χ2v) is 4.56. The molecule has 2 nitrogen and oxygen atoms in total. The van der Waals surface area contributed by atoms with Crippen molar-refractivity contribution in [3.63, 3.8) is 0 Å². The second-order valence-electron chi connectivity index (χ2n) is 3.10. The van der Waals surface area contributed by atoms with Gasteiger partial charge in [-0.25, -0.2) is 0 Å². The first-order valence-corrected chi connectivity index (χ1v) is 5.34. The number of aryl methyl sites for hydroxylation is 1. The monoisotopic (exact) mass is 226 g/mol. The minimum Gasteiger partial charge on any atom is -0.423 e. The van der Waals surface area contributed by atoms with Gasteiger partial charge in [0.25, 0.3) is 0 Å². The highest BCUT2D eigenvalue weighted by Crippen LogP contribution is 2.30. The van der Waals surface area contributed by atoms with Gasteiger partial charge >= 0.3 is 7.12 Å². The largest absolute Gasteiger partial charge is 0.500 e. The zero-order valence-corrected chi connectivity index (χ0v) is 9.06. The molecule has 0 unspecified atom stereocenters. The van der Waals surface area contributed by atoms with Crippen LogP contribution in [0.25, 0.3) is 10.1 Å². The molecule has 1 aromatic carbocycles. The van der Waals surface area contributed by atoms with Gasteiger partial charge in [0.15, 0.2) is 0 Å². The Kier molecular flexibility index (Phi) is 2.53. The Labute approximate surface area is 90.9 Å². The molecule has 14 heavy (non-hydrogen) atoms. The first-order chi connectivity index (χ1) is 6.61. The zero-order valence-electron chi connectivity index (χ0n) is 7.49. The van der Waals surface area contributed by atoms with E-state index in [-0.39, 0.29) is 0 Å². The first-order valence-electron chi connectivity index (χ1n) is 4.15. The van der Waals surface area contributed by atoms with E-state index in [0.29, 0.717) is 9.80 Å². The van der Waals surface area contributed by atoms with Crippen molar-refractivity contribution in [2.24, 2.45) is 0 Å². The summed E-state index contributed by atoms with van der Waals surface area (Å²) in [5.41, 5.74) is 1.05. The van der Waals surface area contributed by atoms with Gasteiger partial charge in [0.2, 0.25) is 0 Å². The number of benzene rings is 1. The van der Waals surface area contributed by atoms with Crippen LogP contribution in [0, 0.1) is 6.92 Å². The third kappa shape index (κ3) is 1.44. The molecule has 0 fully saturated rings. The van der Waals surface area contributed by atoms with E-state index in [0.717, 1.165) is 15.6 Å². The van der Waals surface area contributed by atoms with Crippen molar-refractivity contribution >= 4 is 44.9 Å². The molecule has 0 amide bonds. The average molecular weight is 226 g/mol. The lowest BCUT2D eigenvalue weighted by Gasteiger charge is -1.96. The van der Waals surface area contributed by atoms with Gasteiger partial charge in [-0.15, -0.1) is 11.3 Å². The number of thiophene rings is 1. The smallest absolute Gasteiger partial charge is 0.423 e. The molecule has 0 atom stereocenters. The molecule has 0 aliphatic carbocycles. The number of hydrogen-bond acceptors (Lipinski definition) is 3. The van der Waals surface area contributed by atoms with Crippen molar-refractivity contribution in [1.29, 1.82) is 0 Å². The Balaban J connectivity index is 2.81. The highest BCUT2D eigenvalue weighted by Gasteiger charge is 2.21. The third-order valence-corrected chi connectivity index (χ3v) is 3.82. The van der Waals surface area contributed by atoms with Crippen LogP contribution in [0.2, 0.25) is 5.02 Å². The Morgan fingerprint density at radius 3 is 2.64 bits per heavy atom. The van der Waals surface area contributed by atoms with Crippen LogP contribution in [0.5, 0.6) is 0 Å². The molecule has 1 heterocycles. The van der Waals surface area contributed by atoms with Crippen LogP contribution in [0.3, 0.4) is 0 Å². The number of fused-ring (bicyclic) bond motifs is 1. The van der Waals surface area contributed by atoms with Gasteiger partial charge in [-0.05, 0) is 18.6 Å². The van der Waals surface area contributed by atoms with Crippen LogP contribution in [0.1, 0.15) is 5.56 Å². The van der Waals surface area contributed by atoms with E-state index < -0.39 is 7.12 Å². The van der Waals surface area contributed by atoms with Crippen molar-refractivity contribution in [3.8, 4) is 0 Å². The lowest BCUT2D eigenvalue weighted by molar-refractivity contribution is 0.427. The summed E-state index contributed by atoms with van der Waals surface area (Å²) >= 11 is 7.36. The quantitative estimate of drug-likeness (QED) is 0.724. The minimum atomic E-state index is -1.49. The van der Waals surface area contributed by atoms with E-state index in [1.807, 2.05) is 25.1 Å². The first kappa shape index (κ1) is 9.99. The normalized spacial score (nSPS) is 10.9. The summed E-state index contributed by atoms with van der Waals surface area (Å²) in [5.74, 6) is 0. The fraction of sp³-hybridized carbons (Fsp3) is 0.111. The standard InChI is InChI=1S/C9H8BClO2S/c1-5-3-2-4-6-7(5)8(11)9(14-6)10(12)13/h2-4,12-13H,1H3. The summed E-state index contributed by atoms with van der Waals surface area (Å²) < 4.78 is 1.40. The van der Waals surface area contributed by atoms with E-state index in [1.54, 1.807) is 0 Å². The van der Waals surface area contributed by atoms with E-state index in [2.05, 4.69) is 0 Å². The Hall–Kier alpha value is -0.545. The summed E-state index contributed by atoms with van der Waals surface area (Å²) in [6.07, 6.45) is 0. The van der Waals surface area contributed by atoms with Crippen LogP contribution in [0.15, 0.2) is 18.2 Å². The lowest BCUT2D eigenvalue weighted by Crippen LogP contribution is -2.27. The number of hydrogen-bond donors (Lipinski definition) is 2. The predicted molar refractivity (Wildman–Crippen MR) is 61.4 cm³/mol. The molecule has 5 heteroatoms. The third-order valence-electron chi connectivity index (χ3n) is 2.12. The average Bonchev–Trinajstić information content (AvgIpc) is 2.45. The summed E-state index contributed by atoms with van der Waals surface area (Å²) in [7, 11) is -1.49. The Morgan fingerprint density at radius 2 is 2.07 bits per heavy atom. The second kappa shape index (κ2) is 3.55. The Morgan fingerprint density at radius 1 is 1.36 bits per heavy atom. The van der Waals surface area contributed by atoms with Crippen molar-refractivity contribution in [2.45, 2.75) is 6.92 Å². The van der Waals surface area contributed by atoms with Crippen LogP contribution in [-0.2, 0) is 0 Å². The summed E-state index contributed by atoms with van der Waals surface area (Å²) in [5, 5.41) is 19.5. The molecule has 72 valence electrons. The Bertz CT molecular complexity index is 481. The zero-order chi connectivity index (χ0) is 10.3. The van der Waals surface area contributed by atoms with Gasteiger partial charge in [-0.2, -0.15) is 0 Å². The molecule has 2 N–H and O–H groups in total. The van der Waals surface area contributed by atoms with E-state index in [4.69, 9.17) is 21.6 Å². The van der Waals surface area contributed by atoms with E-state index >= 15 is 0 Å². The predicted octanol–water partition coefficient (Wildman–Crippen LogP) is 1.54. The highest BCUT2D eigenvalue weighted by molar-refractivity contribution is 7.28. The molecule has 2 rings (SSSR count). The maximum Gasteiger partial charge on any atom is 0.500 e. The van der Waals surface area contributed by atoms with Gasteiger partial charge in [0.05, 0.1) is 9.80 Å². The molecule has 0 spiro atoms. The fourth-order valence-corrected chi connectivity index (χ4v) is 3.03. The van der Waals surface area contributed by atoms with Gasteiger partial charge in [0, 0.05) is 10.1 Å². The summed E-state index contributed by atoms with van der Waals surface area (Å²) in [6.45, 7) is 1.95. The molecule has 1 aromatic heterocycles. The number of halogens is 1. The fourth-order valence-electron chi connectivity index (χ4n) is 1.46. The van der Waals surface area contributed by atoms with Crippen molar-refractivity contribution in [3.05, 3.63) is 28.8 Å². The van der Waals surface area contributed by atoms with Crippen LogP contribution in [0.4, 0.5) is 0 Å². The van der Waals surface area contributed by atoms with Crippen molar-refractivity contribution < 1.29 is 10.0 Å². The van der Waals surface area contributed by atoms with E-state index in [1.165, 1.54) is 11.3 Å².